The highest BCUT2D eigenvalue weighted by atomic mass is 79.9. The molecule has 1 aliphatic rings. The smallest absolute Gasteiger partial charge is 0.223 e. The van der Waals surface area contributed by atoms with Crippen LogP contribution in [0.1, 0.15) is 30.7 Å². The summed E-state index contributed by atoms with van der Waals surface area (Å²) in [6.07, 6.45) is 6.85. The molecule has 0 fully saturated rings. The molecule has 5 rings (SSSR count). The van der Waals surface area contributed by atoms with E-state index in [1.54, 1.807) is 12.4 Å². The largest absolute Gasteiger partial charge is 0.396 e. The predicted molar refractivity (Wildman–Crippen MR) is 137 cm³/mol. The van der Waals surface area contributed by atoms with E-state index in [2.05, 4.69) is 36.4 Å². The summed E-state index contributed by atoms with van der Waals surface area (Å²) in [4.78, 5) is 26.7. The lowest BCUT2D eigenvalue weighted by Gasteiger charge is -2.15. The Hall–Kier alpha value is -3.37. The molecule has 8 nitrogen and oxygen atoms in total. The number of carbonyl (C=O) groups is 1. The second-order valence-electron chi connectivity index (χ2n) is 7.67. The molecule has 3 heterocycles. The molecule has 1 amide bonds. The zero-order valence-corrected chi connectivity index (χ0v) is 21.0. The molecule has 34 heavy (non-hydrogen) atoms. The summed E-state index contributed by atoms with van der Waals surface area (Å²) >= 11 is 5.19. The topological polar surface area (TPSA) is 94.3 Å². The standard InChI is InChI=1S/C24H21BrN6O2S/c1-3-33-27-12-15-6-9-20(18(25)11-15)31-22-17(21(30-31)16-5-4-10-26-13-16)7-8-19-23(22)34-24(29-19)28-14(2)32/h4-6,9-13H,3,7-8H2,1-2H3,(H,28,29,32). The maximum atomic E-state index is 11.6. The number of nitrogens with one attached hydrogen (secondary N) is 1. The van der Waals surface area contributed by atoms with Crippen LogP contribution in [0, 0.1) is 0 Å². The first-order valence-corrected chi connectivity index (χ1v) is 12.4. The minimum atomic E-state index is -0.136. The van der Waals surface area contributed by atoms with E-state index in [9.17, 15) is 4.79 Å². The molecule has 4 aromatic rings. The highest BCUT2D eigenvalue weighted by Crippen LogP contribution is 2.44. The molecular formula is C24H21BrN6O2S. The first-order valence-electron chi connectivity index (χ1n) is 10.8. The lowest BCUT2D eigenvalue weighted by Crippen LogP contribution is -2.07. The Bertz CT molecular complexity index is 1400. The van der Waals surface area contributed by atoms with Crippen molar-refractivity contribution in [1.29, 1.82) is 0 Å². The van der Waals surface area contributed by atoms with E-state index in [0.717, 1.165) is 61.7 Å². The fraction of sp³-hybridized carbons (Fsp3) is 0.208. The van der Waals surface area contributed by atoms with Gasteiger partial charge in [-0.1, -0.05) is 22.6 Å². The Balaban J connectivity index is 1.67. The zero-order chi connectivity index (χ0) is 23.7. The predicted octanol–water partition coefficient (Wildman–Crippen LogP) is 5.25. The van der Waals surface area contributed by atoms with Crippen LogP contribution in [0.2, 0.25) is 0 Å². The molecule has 1 aliphatic carbocycles. The number of rotatable bonds is 6. The van der Waals surface area contributed by atoms with Gasteiger partial charge < -0.3 is 10.2 Å². The van der Waals surface area contributed by atoms with Crippen LogP contribution < -0.4 is 5.32 Å². The Kier molecular flexibility index (Phi) is 6.25. The van der Waals surface area contributed by atoms with Gasteiger partial charge >= 0.3 is 0 Å². The van der Waals surface area contributed by atoms with Crippen LogP contribution in [0.4, 0.5) is 5.13 Å². The fourth-order valence-electron chi connectivity index (χ4n) is 3.93. The summed E-state index contributed by atoms with van der Waals surface area (Å²) in [7, 11) is 0. The number of hydrogen-bond donors (Lipinski definition) is 1. The average molecular weight is 537 g/mol. The van der Waals surface area contributed by atoms with Crippen LogP contribution in [-0.2, 0) is 22.5 Å². The number of oxime groups is 1. The second-order valence-corrected chi connectivity index (χ2v) is 9.52. The molecule has 0 bridgehead atoms. The highest BCUT2D eigenvalue weighted by molar-refractivity contribution is 9.10. The highest BCUT2D eigenvalue weighted by Gasteiger charge is 2.30. The van der Waals surface area contributed by atoms with Gasteiger partial charge in [0.05, 0.1) is 33.9 Å². The number of benzene rings is 1. The molecule has 1 N–H and O–H groups in total. The Labute approximate surface area is 208 Å². The van der Waals surface area contributed by atoms with Crippen LogP contribution in [0.15, 0.2) is 52.4 Å². The molecule has 0 saturated heterocycles. The third-order valence-corrected chi connectivity index (χ3v) is 6.99. The minimum Gasteiger partial charge on any atom is -0.396 e. The van der Waals surface area contributed by atoms with E-state index >= 15 is 0 Å². The Morgan fingerprint density at radius 1 is 1.35 bits per heavy atom. The molecular weight excluding hydrogens is 516 g/mol. The number of pyridine rings is 1. The average Bonchev–Trinajstić information content (AvgIpc) is 3.40. The molecule has 172 valence electrons. The molecule has 3 aromatic heterocycles. The summed E-state index contributed by atoms with van der Waals surface area (Å²) in [5.41, 5.74) is 6.77. The molecule has 0 radical (unpaired) electrons. The van der Waals surface area contributed by atoms with E-state index < -0.39 is 0 Å². The Morgan fingerprint density at radius 3 is 2.97 bits per heavy atom. The van der Waals surface area contributed by atoms with Gasteiger partial charge in [-0.15, -0.1) is 0 Å². The van der Waals surface area contributed by atoms with Gasteiger partial charge in [0, 0.05) is 34.9 Å². The van der Waals surface area contributed by atoms with Crippen molar-refractivity contribution in [2.45, 2.75) is 26.7 Å². The molecule has 10 heteroatoms. The number of halogens is 1. The van der Waals surface area contributed by atoms with Crippen LogP contribution in [-0.4, -0.2) is 38.5 Å². The normalized spacial score (nSPS) is 12.4. The van der Waals surface area contributed by atoms with Gasteiger partial charge in [-0.05, 0) is 65.5 Å². The SMILES string of the molecule is CCON=Cc1ccc(-n2nc(-c3cccnc3)c3c2-c2sc(NC(C)=O)nc2CC3)c(Br)c1. The molecule has 0 spiro atoms. The first-order chi connectivity index (χ1) is 16.5. The third kappa shape index (κ3) is 4.26. The van der Waals surface area contributed by atoms with Crippen molar-refractivity contribution in [3.8, 4) is 27.5 Å². The van der Waals surface area contributed by atoms with Gasteiger partial charge in [0.1, 0.15) is 6.61 Å². The maximum absolute atomic E-state index is 11.6. The van der Waals surface area contributed by atoms with Crippen molar-refractivity contribution in [3.63, 3.8) is 0 Å². The summed E-state index contributed by atoms with van der Waals surface area (Å²) in [6.45, 7) is 3.90. The van der Waals surface area contributed by atoms with E-state index in [0.29, 0.717) is 11.7 Å². The summed E-state index contributed by atoms with van der Waals surface area (Å²) < 4.78 is 2.83. The van der Waals surface area contributed by atoms with E-state index in [1.165, 1.54) is 18.3 Å². The number of thiazole rings is 1. The van der Waals surface area contributed by atoms with Crippen molar-refractivity contribution in [2.75, 3.05) is 11.9 Å². The van der Waals surface area contributed by atoms with Gasteiger partial charge in [0.25, 0.3) is 0 Å². The molecule has 0 aliphatic heterocycles. The van der Waals surface area contributed by atoms with E-state index in [-0.39, 0.29) is 5.91 Å². The lowest BCUT2D eigenvalue weighted by molar-refractivity contribution is -0.114. The number of fused-ring (bicyclic) bond motifs is 3. The second kappa shape index (κ2) is 9.47. The zero-order valence-electron chi connectivity index (χ0n) is 18.6. The third-order valence-electron chi connectivity index (χ3n) is 5.33. The minimum absolute atomic E-state index is 0.136. The van der Waals surface area contributed by atoms with Crippen LogP contribution in [0.3, 0.4) is 0 Å². The van der Waals surface area contributed by atoms with Gasteiger partial charge in [0.2, 0.25) is 5.91 Å². The van der Waals surface area contributed by atoms with Crippen LogP contribution in [0.25, 0.3) is 27.5 Å². The number of aromatic nitrogens is 4. The van der Waals surface area contributed by atoms with Crippen molar-refractivity contribution in [3.05, 3.63) is 64.0 Å². The molecule has 0 atom stereocenters. The summed E-state index contributed by atoms with van der Waals surface area (Å²) in [6, 6.07) is 9.89. The maximum Gasteiger partial charge on any atom is 0.223 e. The number of hydrogen-bond acceptors (Lipinski definition) is 7. The van der Waals surface area contributed by atoms with Gasteiger partial charge in [-0.2, -0.15) is 5.10 Å². The van der Waals surface area contributed by atoms with E-state index in [4.69, 9.17) is 9.94 Å². The van der Waals surface area contributed by atoms with Crippen molar-refractivity contribution < 1.29 is 9.63 Å². The van der Waals surface area contributed by atoms with E-state index in [1.807, 2.05) is 48.1 Å². The van der Waals surface area contributed by atoms with Crippen molar-refractivity contribution >= 4 is 44.5 Å². The monoisotopic (exact) mass is 536 g/mol. The number of carbonyl (C=O) groups excluding carboxylic acids is 1. The lowest BCUT2D eigenvalue weighted by atomic mass is 9.95. The van der Waals surface area contributed by atoms with Crippen molar-refractivity contribution in [1.82, 2.24) is 19.7 Å². The number of nitrogens with zero attached hydrogens (tertiary/aromatic N) is 5. The Morgan fingerprint density at radius 2 is 2.24 bits per heavy atom. The van der Waals surface area contributed by atoms with Crippen LogP contribution >= 0.6 is 27.3 Å². The molecule has 0 saturated carbocycles. The summed E-state index contributed by atoms with van der Waals surface area (Å²) in [5.74, 6) is -0.136. The van der Waals surface area contributed by atoms with Crippen LogP contribution in [0.5, 0.6) is 0 Å². The first kappa shape index (κ1) is 22.4. The fourth-order valence-corrected chi connectivity index (χ4v) is 5.61. The number of anilines is 1. The van der Waals surface area contributed by atoms with Gasteiger partial charge in [-0.25, -0.2) is 9.67 Å². The number of aryl methyl sites for hydroxylation is 1. The molecule has 1 aromatic carbocycles. The quantitative estimate of drug-likeness (QED) is 0.268. The van der Waals surface area contributed by atoms with Gasteiger partial charge in [0.15, 0.2) is 5.13 Å². The van der Waals surface area contributed by atoms with Crippen molar-refractivity contribution in [2.24, 2.45) is 5.16 Å². The van der Waals surface area contributed by atoms with Gasteiger partial charge in [-0.3, -0.25) is 9.78 Å². The molecule has 0 unspecified atom stereocenters. The number of amides is 1. The summed E-state index contributed by atoms with van der Waals surface area (Å²) in [5, 5.41) is 12.4.